The molecular formula is C16H18N4O2S. The molecule has 0 unspecified atom stereocenters. The van der Waals surface area contributed by atoms with Crippen molar-refractivity contribution in [2.24, 2.45) is 5.92 Å². The molecule has 1 saturated carbocycles. The maximum absolute atomic E-state index is 12.2. The molecule has 1 aromatic heterocycles. The standard InChI is InChI=1S/C16H18N4O2S/c1-2-3-13-19-20-16(23-13)18-15(22)11-6-8-12(9-7-11)17-14(21)10-4-5-10/h6-10H,2-5H2,1H3,(H,17,21)(H,18,20,22). The summed E-state index contributed by atoms with van der Waals surface area (Å²) in [6.45, 7) is 2.07. The topological polar surface area (TPSA) is 84.0 Å². The first-order valence-corrected chi connectivity index (χ1v) is 8.52. The Morgan fingerprint density at radius 2 is 1.91 bits per heavy atom. The van der Waals surface area contributed by atoms with Crippen LogP contribution in [0.2, 0.25) is 0 Å². The summed E-state index contributed by atoms with van der Waals surface area (Å²) in [6, 6.07) is 6.84. The zero-order chi connectivity index (χ0) is 16.2. The molecule has 1 heterocycles. The Kier molecular flexibility index (Phi) is 4.66. The van der Waals surface area contributed by atoms with E-state index in [1.165, 1.54) is 11.3 Å². The van der Waals surface area contributed by atoms with Crippen LogP contribution in [-0.2, 0) is 11.2 Å². The lowest BCUT2D eigenvalue weighted by molar-refractivity contribution is -0.117. The minimum Gasteiger partial charge on any atom is -0.326 e. The van der Waals surface area contributed by atoms with E-state index in [0.717, 1.165) is 30.7 Å². The van der Waals surface area contributed by atoms with Gasteiger partial charge in [-0.1, -0.05) is 18.3 Å². The van der Waals surface area contributed by atoms with Crippen LogP contribution in [0.25, 0.3) is 0 Å². The maximum Gasteiger partial charge on any atom is 0.257 e. The molecule has 2 amide bonds. The molecule has 120 valence electrons. The van der Waals surface area contributed by atoms with Crippen molar-refractivity contribution in [3.05, 3.63) is 34.8 Å². The fourth-order valence-corrected chi connectivity index (χ4v) is 2.92. The molecular weight excluding hydrogens is 312 g/mol. The number of benzene rings is 1. The second kappa shape index (κ2) is 6.87. The van der Waals surface area contributed by atoms with Crippen LogP contribution in [0.3, 0.4) is 0 Å². The van der Waals surface area contributed by atoms with E-state index in [-0.39, 0.29) is 17.7 Å². The molecule has 23 heavy (non-hydrogen) atoms. The van der Waals surface area contributed by atoms with Crippen molar-refractivity contribution in [2.75, 3.05) is 10.6 Å². The van der Waals surface area contributed by atoms with Gasteiger partial charge in [0.25, 0.3) is 5.91 Å². The minimum atomic E-state index is -0.232. The number of carbonyl (C=O) groups excluding carboxylic acids is 2. The van der Waals surface area contributed by atoms with Crippen LogP contribution in [0.5, 0.6) is 0 Å². The lowest BCUT2D eigenvalue weighted by atomic mass is 10.2. The monoisotopic (exact) mass is 330 g/mol. The Hall–Kier alpha value is -2.28. The molecule has 7 heteroatoms. The van der Waals surface area contributed by atoms with Crippen molar-refractivity contribution >= 4 is 34.0 Å². The molecule has 1 aromatic carbocycles. The van der Waals surface area contributed by atoms with Crippen molar-refractivity contribution in [3.8, 4) is 0 Å². The first-order chi connectivity index (χ1) is 11.2. The van der Waals surface area contributed by atoms with Gasteiger partial charge < -0.3 is 5.32 Å². The lowest BCUT2D eigenvalue weighted by Crippen LogP contribution is -2.14. The number of hydrogen-bond acceptors (Lipinski definition) is 5. The Morgan fingerprint density at radius 1 is 1.17 bits per heavy atom. The van der Waals surface area contributed by atoms with Gasteiger partial charge in [-0.3, -0.25) is 14.9 Å². The van der Waals surface area contributed by atoms with Crippen LogP contribution >= 0.6 is 11.3 Å². The number of hydrogen-bond donors (Lipinski definition) is 2. The maximum atomic E-state index is 12.2. The summed E-state index contributed by atoms with van der Waals surface area (Å²) in [5.74, 6) is -0.0172. The molecule has 0 saturated heterocycles. The van der Waals surface area contributed by atoms with Gasteiger partial charge in [0.15, 0.2) is 0 Å². The van der Waals surface area contributed by atoms with Crippen molar-refractivity contribution < 1.29 is 9.59 Å². The number of nitrogens with zero attached hydrogens (tertiary/aromatic N) is 2. The second-order valence-corrected chi connectivity index (χ2v) is 6.61. The van der Waals surface area contributed by atoms with Crippen LogP contribution in [0.4, 0.5) is 10.8 Å². The highest BCUT2D eigenvalue weighted by atomic mass is 32.1. The number of aromatic nitrogens is 2. The fourth-order valence-electron chi connectivity index (χ4n) is 2.08. The molecule has 3 rings (SSSR count). The molecule has 2 aromatic rings. The quantitative estimate of drug-likeness (QED) is 0.852. The summed E-state index contributed by atoms with van der Waals surface area (Å²) in [4.78, 5) is 23.9. The van der Waals surface area contributed by atoms with Gasteiger partial charge in [-0.2, -0.15) is 0 Å². The van der Waals surface area contributed by atoms with Crippen LogP contribution < -0.4 is 10.6 Å². The molecule has 6 nitrogen and oxygen atoms in total. The van der Waals surface area contributed by atoms with Gasteiger partial charge in [-0.15, -0.1) is 10.2 Å². The average molecular weight is 330 g/mol. The van der Waals surface area contributed by atoms with Crippen LogP contribution in [0.1, 0.15) is 41.6 Å². The Bertz CT molecular complexity index is 707. The molecule has 1 fully saturated rings. The predicted octanol–water partition coefficient (Wildman–Crippen LogP) is 3.09. The number of rotatable bonds is 6. The van der Waals surface area contributed by atoms with Crippen molar-refractivity contribution in [2.45, 2.75) is 32.6 Å². The molecule has 2 N–H and O–H groups in total. The summed E-state index contributed by atoms with van der Waals surface area (Å²) < 4.78 is 0. The Morgan fingerprint density at radius 3 is 2.57 bits per heavy atom. The third-order valence-corrected chi connectivity index (χ3v) is 4.41. The van der Waals surface area contributed by atoms with E-state index >= 15 is 0 Å². The number of amides is 2. The summed E-state index contributed by atoms with van der Waals surface area (Å²) in [7, 11) is 0. The van der Waals surface area contributed by atoms with Crippen molar-refractivity contribution in [1.29, 1.82) is 0 Å². The fraction of sp³-hybridized carbons (Fsp3) is 0.375. The van der Waals surface area contributed by atoms with E-state index in [1.807, 2.05) is 0 Å². The number of carbonyl (C=O) groups is 2. The van der Waals surface area contributed by atoms with Crippen molar-refractivity contribution in [1.82, 2.24) is 10.2 Å². The SMILES string of the molecule is CCCc1nnc(NC(=O)c2ccc(NC(=O)C3CC3)cc2)s1. The summed E-state index contributed by atoms with van der Waals surface area (Å²) in [5, 5.41) is 15.0. The summed E-state index contributed by atoms with van der Waals surface area (Å²) >= 11 is 1.39. The molecule has 0 aliphatic heterocycles. The second-order valence-electron chi connectivity index (χ2n) is 5.55. The van der Waals surface area contributed by atoms with Gasteiger partial charge in [0.2, 0.25) is 11.0 Å². The van der Waals surface area contributed by atoms with Crippen LogP contribution in [0, 0.1) is 5.92 Å². The number of aryl methyl sites for hydroxylation is 1. The van der Waals surface area contributed by atoms with Crippen LogP contribution in [-0.4, -0.2) is 22.0 Å². The zero-order valence-electron chi connectivity index (χ0n) is 12.8. The highest BCUT2D eigenvalue weighted by Crippen LogP contribution is 2.30. The van der Waals surface area contributed by atoms with E-state index in [0.29, 0.717) is 16.4 Å². The van der Waals surface area contributed by atoms with E-state index < -0.39 is 0 Å². The predicted molar refractivity (Wildman–Crippen MR) is 89.7 cm³/mol. The van der Waals surface area contributed by atoms with Gasteiger partial charge in [-0.25, -0.2) is 0 Å². The van der Waals surface area contributed by atoms with E-state index in [9.17, 15) is 9.59 Å². The molecule has 0 spiro atoms. The largest absolute Gasteiger partial charge is 0.326 e. The van der Waals surface area contributed by atoms with Gasteiger partial charge >= 0.3 is 0 Å². The summed E-state index contributed by atoms with van der Waals surface area (Å²) in [6.07, 6.45) is 3.79. The molecule has 1 aliphatic rings. The van der Waals surface area contributed by atoms with Crippen molar-refractivity contribution in [3.63, 3.8) is 0 Å². The van der Waals surface area contributed by atoms with Gasteiger partial charge in [0.1, 0.15) is 5.01 Å². The lowest BCUT2D eigenvalue weighted by Gasteiger charge is -2.05. The number of anilines is 2. The van der Waals surface area contributed by atoms with Gasteiger partial charge in [-0.05, 0) is 43.5 Å². The molecule has 0 atom stereocenters. The van der Waals surface area contributed by atoms with E-state index in [2.05, 4.69) is 27.8 Å². The molecule has 0 bridgehead atoms. The normalized spacial score (nSPS) is 13.6. The first-order valence-electron chi connectivity index (χ1n) is 7.70. The average Bonchev–Trinajstić information content (AvgIpc) is 3.31. The Labute approximate surface area is 138 Å². The first kappa shape index (κ1) is 15.6. The van der Waals surface area contributed by atoms with Crippen LogP contribution in [0.15, 0.2) is 24.3 Å². The molecule has 0 radical (unpaired) electrons. The van der Waals surface area contributed by atoms with Gasteiger partial charge in [0.05, 0.1) is 0 Å². The number of nitrogens with one attached hydrogen (secondary N) is 2. The zero-order valence-corrected chi connectivity index (χ0v) is 13.7. The Balaban J connectivity index is 1.59. The van der Waals surface area contributed by atoms with E-state index in [1.54, 1.807) is 24.3 Å². The third kappa shape index (κ3) is 4.13. The smallest absolute Gasteiger partial charge is 0.257 e. The molecule has 1 aliphatic carbocycles. The highest BCUT2D eigenvalue weighted by molar-refractivity contribution is 7.15. The van der Waals surface area contributed by atoms with E-state index in [4.69, 9.17) is 0 Å². The minimum absolute atomic E-state index is 0.0551. The van der Waals surface area contributed by atoms with Gasteiger partial charge in [0, 0.05) is 23.6 Å². The third-order valence-electron chi connectivity index (χ3n) is 3.51. The summed E-state index contributed by atoms with van der Waals surface area (Å²) in [5.41, 5.74) is 1.22. The highest BCUT2D eigenvalue weighted by Gasteiger charge is 2.29.